The monoisotopic (exact) mass is 218 g/mol. The van der Waals surface area contributed by atoms with Crippen LogP contribution in [0.1, 0.15) is 43.4 Å². The van der Waals surface area contributed by atoms with E-state index in [4.69, 9.17) is 0 Å². The van der Waals surface area contributed by atoms with E-state index in [1.807, 2.05) is 0 Å². The Morgan fingerprint density at radius 1 is 1.38 bits per heavy atom. The maximum atomic E-state index is 12.6. The van der Waals surface area contributed by atoms with Crippen molar-refractivity contribution in [1.82, 2.24) is 4.98 Å². The normalized spacial score (nSPS) is 19.0. The summed E-state index contributed by atoms with van der Waals surface area (Å²) >= 11 is 0. The largest absolute Gasteiger partial charge is 0.260 e. The topological polar surface area (TPSA) is 36.7 Å². The maximum Gasteiger partial charge on any atom is 0.115 e. The third-order valence-corrected chi connectivity index (χ3v) is 3.39. The molecule has 1 heterocycles. The van der Waals surface area contributed by atoms with E-state index in [2.05, 4.69) is 11.1 Å². The van der Waals surface area contributed by atoms with Gasteiger partial charge in [0.2, 0.25) is 0 Å². The van der Waals surface area contributed by atoms with Crippen molar-refractivity contribution in [3.8, 4) is 6.07 Å². The van der Waals surface area contributed by atoms with Gasteiger partial charge in [-0.3, -0.25) is 4.98 Å². The summed E-state index contributed by atoms with van der Waals surface area (Å²) in [5.74, 6) is 0. The maximum absolute atomic E-state index is 12.6. The first-order chi connectivity index (χ1) is 7.80. The molecule has 1 aromatic rings. The van der Waals surface area contributed by atoms with Crippen LogP contribution in [0.15, 0.2) is 18.3 Å². The molecule has 0 aromatic carbocycles. The fraction of sp³-hybridized carbons (Fsp3) is 0.538. The molecule has 0 amide bonds. The number of hydrogen-bond donors (Lipinski definition) is 0. The third kappa shape index (κ3) is 1.92. The minimum atomic E-state index is -0.489. The summed E-state index contributed by atoms with van der Waals surface area (Å²) in [6.45, 7) is -0.489. The van der Waals surface area contributed by atoms with Gasteiger partial charge in [0.15, 0.2) is 0 Å². The average molecular weight is 218 g/mol. The van der Waals surface area contributed by atoms with Crippen molar-refractivity contribution < 1.29 is 4.39 Å². The summed E-state index contributed by atoms with van der Waals surface area (Å²) in [7, 11) is 0. The quantitative estimate of drug-likeness (QED) is 0.763. The van der Waals surface area contributed by atoms with E-state index in [-0.39, 0.29) is 0 Å². The van der Waals surface area contributed by atoms with Gasteiger partial charge in [0.25, 0.3) is 0 Å². The predicted octanol–water partition coefficient (Wildman–Crippen LogP) is 3.28. The van der Waals surface area contributed by atoms with E-state index in [0.29, 0.717) is 5.56 Å². The Hall–Kier alpha value is -1.43. The molecule has 1 fully saturated rings. The van der Waals surface area contributed by atoms with Crippen LogP contribution >= 0.6 is 0 Å². The summed E-state index contributed by atoms with van der Waals surface area (Å²) in [4.78, 5) is 4.26. The molecule has 1 aromatic heterocycles. The van der Waals surface area contributed by atoms with Gasteiger partial charge in [-0.15, -0.1) is 0 Å². The highest BCUT2D eigenvalue weighted by Gasteiger charge is 2.35. The lowest BCUT2D eigenvalue weighted by Gasteiger charge is -2.30. The fourth-order valence-corrected chi connectivity index (χ4v) is 2.40. The van der Waals surface area contributed by atoms with Gasteiger partial charge < -0.3 is 0 Å². The molecule has 0 atom stereocenters. The first-order valence-electron chi connectivity index (χ1n) is 5.73. The van der Waals surface area contributed by atoms with Gasteiger partial charge in [-0.25, -0.2) is 4.39 Å². The smallest absolute Gasteiger partial charge is 0.115 e. The highest BCUT2D eigenvalue weighted by atomic mass is 19.1. The van der Waals surface area contributed by atoms with Gasteiger partial charge in [-0.05, 0) is 30.5 Å². The summed E-state index contributed by atoms with van der Waals surface area (Å²) in [6.07, 6.45) is 6.63. The van der Waals surface area contributed by atoms with E-state index in [0.717, 1.165) is 31.4 Å². The SMILES string of the molecule is N#CC1(c2cc(CF)ccn2)CCCCC1. The van der Waals surface area contributed by atoms with Crippen LogP contribution in [0.2, 0.25) is 0 Å². The predicted molar refractivity (Wildman–Crippen MR) is 59.4 cm³/mol. The molecule has 3 heteroatoms. The van der Waals surface area contributed by atoms with Crippen molar-refractivity contribution in [2.45, 2.75) is 44.2 Å². The number of nitriles is 1. The van der Waals surface area contributed by atoms with Gasteiger partial charge >= 0.3 is 0 Å². The second-order valence-electron chi connectivity index (χ2n) is 4.44. The molecule has 1 aliphatic carbocycles. The molecule has 0 spiro atoms. The molecule has 0 saturated heterocycles. The summed E-state index contributed by atoms with van der Waals surface area (Å²) in [6, 6.07) is 5.81. The molecule has 0 N–H and O–H groups in total. The summed E-state index contributed by atoms with van der Waals surface area (Å²) < 4.78 is 12.6. The Labute approximate surface area is 95.1 Å². The minimum absolute atomic E-state index is 0.469. The average Bonchev–Trinajstić information content (AvgIpc) is 2.39. The highest BCUT2D eigenvalue weighted by Crippen LogP contribution is 2.38. The molecule has 84 valence electrons. The van der Waals surface area contributed by atoms with E-state index < -0.39 is 12.1 Å². The van der Waals surface area contributed by atoms with Gasteiger partial charge in [-0.1, -0.05) is 19.3 Å². The zero-order valence-corrected chi connectivity index (χ0v) is 9.25. The Morgan fingerprint density at radius 2 is 2.12 bits per heavy atom. The Morgan fingerprint density at radius 3 is 2.75 bits per heavy atom. The molecule has 0 bridgehead atoms. The lowest BCUT2D eigenvalue weighted by Crippen LogP contribution is -2.28. The number of pyridine rings is 1. The van der Waals surface area contributed by atoms with E-state index >= 15 is 0 Å². The molecule has 0 aliphatic heterocycles. The fourth-order valence-electron chi connectivity index (χ4n) is 2.40. The van der Waals surface area contributed by atoms with Crippen molar-refractivity contribution in [3.63, 3.8) is 0 Å². The van der Waals surface area contributed by atoms with Crippen LogP contribution in [0.3, 0.4) is 0 Å². The van der Waals surface area contributed by atoms with Crippen molar-refractivity contribution >= 4 is 0 Å². The highest BCUT2D eigenvalue weighted by molar-refractivity contribution is 5.30. The number of nitrogens with zero attached hydrogens (tertiary/aromatic N) is 2. The number of halogens is 1. The van der Waals surface area contributed by atoms with Crippen LogP contribution < -0.4 is 0 Å². The second-order valence-corrected chi connectivity index (χ2v) is 4.44. The van der Waals surface area contributed by atoms with Crippen LogP contribution in [-0.2, 0) is 12.1 Å². The number of aromatic nitrogens is 1. The van der Waals surface area contributed by atoms with Crippen molar-refractivity contribution in [2.24, 2.45) is 0 Å². The van der Waals surface area contributed by atoms with Gasteiger partial charge in [0.1, 0.15) is 6.67 Å². The second kappa shape index (κ2) is 4.61. The van der Waals surface area contributed by atoms with E-state index in [9.17, 15) is 9.65 Å². The van der Waals surface area contributed by atoms with Crippen LogP contribution in [-0.4, -0.2) is 4.98 Å². The summed E-state index contributed by atoms with van der Waals surface area (Å²) in [5.41, 5.74) is 0.902. The standard InChI is InChI=1S/C13H15FN2/c14-9-11-4-7-16-12(8-11)13(10-15)5-2-1-3-6-13/h4,7-8H,1-3,5-6,9H2. The lowest BCUT2D eigenvalue weighted by atomic mass is 9.72. The number of rotatable bonds is 2. The molecule has 2 rings (SSSR count). The summed E-state index contributed by atoms with van der Waals surface area (Å²) in [5, 5.41) is 9.37. The first kappa shape index (κ1) is 11.1. The molecule has 1 aliphatic rings. The van der Waals surface area contributed by atoms with Crippen molar-refractivity contribution in [3.05, 3.63) is 29.6 Å². The zero-order valence-electron chi connectivity index (χ0n) is 9.25. The molecule has 0 unspecified atom stereocenters. The Balaban J connectivity index is 2.36. The molecule has 16 heavy (non-hydrogen) atoms. The van der Waals surface area contributed by atoms with Gasteiger partial charge in [0.05, 0.1) is 17.2 Å². The van der Waals surface area contributed by atoms with E-state index in [1.54, 1.807) is 18.3 Å². The molecular weight excluding hydrogens is 203 g/mol. The molecule has 1 saturated carbocycles. The van der Waals surface area contributed by atoms with Crippen LogP contribution in [0, 0.1) is 11.3 Å². The van der Waals surface area contributed by atoms with E-state index in [1.165, 1.54) is 6.42 Å². The molecular formula is C13H15FN2. The van der Waals surface area contributed by atoms with Crippen LogP contribution in [0.4, 0.5) is 4.39 Å². The van der Waals surface area contributed by atoms with Crippen LogP contribution in [0.5, 0.6) is 0 Å². The van der Waals surface area contributed by atoms with Crippen molar-refractivity contribution in [2.75, 3.05) is 0 Å². The van der Waals surface area contributed by atoms with Gasteiger partial charge in [-0.2, -0.15) is 5.26 Å². The Bertz CT molecular complexity index is 403. The third-order valence-electron chi connectivity index (χ3n) is 3.39. The minimum Gasteiger partial charge on any atom is -0.260 e. The molecule has 2 nitrogen and oxygen atoms in total. The van der Waals surface area contributed by atoms with Gasteiger partial charge in [0, 0.05) is 6.20 Å². The van der Waals surface area contributed by atoms with Crippen LogP contribution in [0.25, 0.3) is 0 Å². The number of hydrogen-bond acceptors (Lipinski definition) is 2. The lowest BCUT2D eigenvalue weighted by molar-refractivity contribution is 0.357. The Kier molecular flexibility index (Phi) is 3.19. The zero-order chi connectivity index (χ0) is 11.4. The molecule has 0 radical (unpaired) electrons. The number of alkyl halides is 1. The van der Waals surface area contributed by atoms with Crippen molar-refractivity contribution in [1.29, 1.82) is 5.26 Å². The first-order valence-corrected chi connectivity index (χ1v) is 5.73.